The second-order valence-corrected chi connectivity index (χ2v) is 6.39. The molecule has 0 heterocycles. The summed E-state index contributed by atoms with van der Waals surface area (Å²) >= 11 is 0. The van der Waals surface area contributed by atoms with E-state index in [4.69, 9.17) is 5.73 Å². The summed E-state index contributed by atoms with van der Waals surface area (Å²) in [4.78, 5) is 11.1. The number of amides is 1. The largest absolute Gasteiger partial charge is 0.356 e. The molecule has 1 aromatic rings. The molecular formula is C13H19ClF2N2O3S. The number of benzene rings is 1. The number of rotatable bonds is 8. The Morgan fingerprint density at radius 2 is 1.77 bits per heavy atom. The van der Waals surface area contributed by atoms with Crippen molar-refractivity contribution in [3.63, 3.8) is 0 Å². The summed E-state index contributed by atoms with van der Waals surface area (Å²) in [5.74, 6) is -3.66. The Morgan fingerprint density at radius 1 is 1.18 bits per heavy atom. The Kier molecular flexibility index (Phi) is 9.15. The van der Waals surface area contributed by atoms with Crippen molar-refractivity contribution in [3.8, 4) is 0 Å². The molecule has 126 valence electrons. The molecule has 0 spiro atoms. The van der Waals surface area contributed by atoms with Crippen LogP contribution in [0.15, 0.2) is 29.2 Å². The average molecular weight is 357 g/mol. The Labute approximate surface area is 134 Å². The van der Waals surface area contributed by atoms with Crippen LogP contribution in [0.5, 0.6) is 0 Å². The maximum absolute atomic E-state index is 12.4. The predicted octanol–water partition coefficient (Wildman–Crippen LogP) is 1.50. The van der Waals surface area contributed by atoms with Gasteiger partial charge >= 0.3 is 5.76 Å². The number of carbonyl (C=O) groups is 1. The first-order valence-corrected chi connectivity index (χ1v) is 8.00. The van der Waals surface area contributed by atoms with Gasteiger partial charge in [-0.1, -0.05) is 12.1 Å². The number of hydrogen-bond acceptors (Lipinski definition) is 4. The van der Waals surface area contributed by atoms with Crippen molar-refractivity contribution in [2.45, 2.75) is 29.9 Å². The molecule has 0 fully saturated rings. The van der Waals surface area contributed by atoms with Crippen LogP contribution in [0, 0.1) is 0 Å². The Morgan fingerprint density at radius 3 is 2.27 bits per heavy atom. The van der Waals surface area contributed by atoms with Crippen LogP contribution in [-0.4, -0.2) is 33.2 Å². The van der Waals surface area contributed by atoms with E-state index in [-0.39, 0.29) is 24.7 Å². The number of nitrogens with one attached hydrogen (secondary N) is 1. The van der Waals surface area contributed by atoms with Crippen LogP contribution in [-0.2, 0) is 21.1 Å². The summed E-state index contributed by atoms with van der Waals surface area (Å²) in [5.41, 5.74) is 5.88. The zero-order valence-electron chi connectivity index (χ0n) is 11.8. The van der Waals surface area contributed by atoms with Gasteiger partial charge in [-0.2, -0.15) is 8.78 Å². The molecule has 5 nitrogen and oxygen atoms in total. The third-order valence-corrected chi connectivity index (χ3v) is 4.20. The molecule has 9 heteroatoms. The Balaban J connectivity index is 0.00000441. The maximum Gasteiger partial charge on any atom is 0.341 e. The normalized spacial score (nSPS) is 11.1. The minimum absolute atomic E-state index is 0. The van der Waals surface area contributed by atoms with Crippen LogP contribution in [0.2, 0.25) is 0 Å². The third kappa shape index (κ3) is 6.25. The molecule has 0 aliphatic rings. The fourth-order valence-corrected chi connectivity index (χ4v) is 2.37. The Hall–Kier alpha value is -1.25. The third-order valence-electron chi connectivity index (χ3n) is 2.80. The van der Waals surface area contributed by atoms with Crippen molar-refractivity contribution in [2.24, 2.45) is 5.73 Å². The number of unbranched alkanes of at least 4 members (excludes halogenated alkanes) is 1. The highest BCUT2D eigenvalue weighted by molar-refractivity contribution is 7.91. The van der Waals surface area contributed by atoms with Crippen molar-refractivity contribution < 1.29 is 22.0 Å². The summed E-state index contributed by atoms with van der Waals surface area (Å²) in [6, 6.07) is 4.88. The molecule has 0 aliphatic heterocycles. The smallest absolute Gasteiger partial charge is 0.341 e. The van der Waals surface area contributed by atoms with Crippen LogP contribution >= 0.6 is 12.4 Å². The van der Waals surface area contributed by atoms with Gasteiger partial charge in [-0.25, -0.2) is 8.42 Å². The van der Waals surface area contributed by atoms with Gasteiger partial charge in [0.1, 0.15) is 0 Å². The molecule has 1 aromatic carbocycles. The van der Waals surface area contributed by atoms with E-state index in [9.17, 15) is 22.0 Å². The summed E-state index contributed by atoms with van der Waals surface area (Å²) in [6.07, 6.45) is 1.67. The van der Waals surface area contributed by atoms with Crippen LogP contribution in [0.1, 0.15) is 18.4 Å². The highest BCUT2D eigenvalue weighted by Crippen LogP contribution is 2.18. The number of nitrogens with two attached hydrogens (primary N) is 1. The van der Waals surface area contributed by atoms with Crippen molar-refractivity contribution in [3.05, 3.63) is 29.8 Å². The van der Waals surface area contributed by atoms with Gasteiger partial charge in [0.25, 0.3) is 0 Å². The zero-order valence-corrected chi connectivity index (χ0v) is 13.4. The molecule has 0 radical (unpaired) electrons. The SMILES string of the molecule is Cl.NCCCCNC(=O)Cc1ccc(S(=O)(=O)C(F)F)cc1. The summed E-state index contributed by atoms with van der Waals surface area (Å²) in [5, 5.41) is 2.70. The molecule has 0 unspecified atom stereocenters. The molecule has 0 atom stereocenters. The number of sulfone groups is 1. The quantitative estimate of drug-likeness (QED) is 0.691. The van der Waals surface area contributed by atoms with E-state index in [0.29, 0.717) is 18.7 Å². The summed E-state index contributed by atoms with van der Waals surface area (Å²) < 4.78 is 47.2. The van der Waals surface area contributed by atoms with E-state index in [0.717, 1.165) is 25.0 Å². The second kappa shape index (κ2) is 9.70. The van der Waals surface area contributed by atoms with E-state index < -0.39 is 20.5 Å². The molecule has 0 saturated carbocycles. The lowest BCUT2D eigenvalue weighted by molar-refractivity contribution is -0.120. The van der Waals surface area contributed by atoms with Crippen LogP contribution in [0.25, 0.3) is 0 Å². The fourth-order valence-electron chi connectivity index (χ4n) is 1.64. The van der Waals surface area contributed by atoms with Gasteiger partial charge in [0.05, 0.1) is 11.3 Å². The number of halogens is 3. The predicted molar refractivity (Wildman–Crippen MR) is 81.9 cm³/mol. The molecule has 0 saturated heterocycles. The van der Waals surface area contributed by atoms with Crippen molar-refractivity contribution in [1.29, 1.82) is 0 Å². The first-order valence-electron chi connectivity index (χ1n) is 6.45. The van der Waals surface area contributed by atoms with Gasteiger partial charge in [-0.3, -0.25) is 4.79 Å². The van der Waals surface area contributed by atoms with Gasteiger partial charge in [0, 0.05) is 6.54 Å². The number of carbonyl (C=O) groups excluding carboxylic acids is 1. The van der Waals surface area contributed by atoms with Gasteiger partial charge in [-0.15, -0.1) is 12.4 Å². The van der Waals surface area contributed by atoms with Crippen LogP contribution in [0.3, 0.4) is 0 Å². The first-order chi connectivity index (χ1) is 9.87. The lowest BCUT2D eigenvalue weighted by Gasteiger charge is -2.06. The molecule has 3 N–H and O–H groups in total. The lowest BCUT2D eigenvalue weighted by atomic mass is 10.1. The van der Waals surface area contributed by atoms with E-state index in [1.165, 1.54) is 12.1 Å². The van der Waals surface area contributed by atoms with Crippen molar-refractivity contribution in [2.75, 3.05) is 13.1 Å². The standard InChI is InChI=1S/C13H18F2N2O3S.ClH/c14-13(15)21(19,20)11-5-3-10(4-6-11)9-12(18)17-8-2-1-7-16;/h3-6,13H,1-2,7-9,16H2,(H,17,18);1H. The van der Waals surface area contributed by atoms with Gasteiger partial charge in [0.15, 0.2) is 0 Å². The second-order valence-electron chi connectivity index (χ2n) is 4.47. The molecule has 0 aromatic heterocycles. The monoisotopic (exact) mass is 356 g/mol. The minimum Gasteiger partial charge on any atom is -0.356 e. The number of hydrogen-bond donors (Lipinski definition) is 2. The summed E-state index contributed by atoms with van der Waals surface area (Å²) in [7, 11) is -4.59. The first kappa shape index (κ1) is 20.8. The van der Waals surface area contributed by atoms with Gasteiger partial charge < -0.3 is 11.1 Å². The topological polar surface area (TPSA) is 89.3 Å². The molecule has 1 amide bonds. The molecule has 22 heavy (non-hydrogen) atoms. The Bertz CT molecular complexity index is 565. The zero-order chi connectivity index (χ0) is 15.9. The van der Waals surface area contributed by atoms with Crippen molar-refractivity contribution in [1.82, 2.24) is 5.32 Å². The van der Waals surface area contributed by atoms with E-state index in [1.807, 2.05) is 0 Å². The van der Waals surface area contributed by atoms with Gasteiger partial charge in [-0.05, 0) is 37.1 Å². The molecule has 0 aliphatic carbocycles. The van der Waals surface area contributed by atoms with E-state index in [1.54, 1.807) is 0 Å². The van der Waals surface area contributed by atoms with Crippen LogP contribution < -0.4 is 11.1 Å². The van der Waals surface area contributed by atoms with E-state index in [2.05, 4.69) is 5.32 Å². The van der Waals surface area contributed by atoms with Crippen molar-refractivity contribution >= 4 is 28.2 Å². The maximum atomic E-state index is 12.4. The summed E-state index contributed by atoms with van der Waals surface area (Å²) in [6.45, 7) is 1.09. The minimum atomic E-state index is -4.59. The van der Waals surface area contributed by atoms with E-state index >= 15 is 0 Å². The molecular weight excluding hydrogens is 338 g/mol. The lowest BCUT2D eigenvalue weighted by Crippen LogP contribution is -2.26. The van der Waals surface area contributed by atoms with Crippen LogP contribution in [0.4, 0.5) is 8.78 Å². The fraction of sp³-hybridized carbons (Fsp3) is 0.462. The average Bonchev–Trinajstić information content (AvgIpc) is 2.44. The van der Waals surface area contributed by atoms with Gasteiger partial charge in [0.2, 0.25) is 15.7 Å². The molecule has 0 bridgehead atoms. The number of alkyl halides is 2. The highest BCUT2D eigenvalue weighted by atomic mass is 35.5. The highest BCUT2D eigenvalue weighted by Gasteiger charge is 2.26. The molecule has 1 rings (SSSR count).